The van der Waals surface area contributed by atoms with Crippen molar-refractivity contribution in [2.75, 3.05) is 11.9 Å². The van der Waals surface area contributed by atoms with Crippen LogP contribution >= 0.6 is 0 Å². The summed E-state index contributed by atoms with van der Waals surface area (Å²) < 4.78 is 0. The van der Waals surface area contributed by atoms with Crippen LogP contribution in [-0.2, 0) is 0 Å². The number of aromatic nitrogens is 6. The standard InChI is InChI=1S/C21H24N8O/c1-13-7-16(20(24-9-13)29-25-5-6-26-29)21(30)28-12-15-3-4-18(28)17(8-15)27-19-11-22-14(2)10-23-19/h5-7,9-11,15,17-18H,3-4,8,12H2,1-2H3,(H,23,27). The third kappa shape index (κ3) is 3.40. The molecule has 3 aromatic heterocycles. The summed E-state index contributed by atoms with van der Waals surface area (Å²) in [7, 11) is 0. The topological polar surface area (TPSA) is 102 Å². The molecule has 3 atom stereocenters. The van der Waals surface area contributed by atoms with Gasteiger partial charge in [0, 0.05) is 18.8 Å². The van der Waals surface area contributed by atoms with Crippen molar-refractivity contribution in [2.24, 2.45) is 5.92 Å². The fraction of sp³-hybridized carbons (Fsp3) is 0.429. The first-order valence-electron chi connectivity index (χ1n) is 10.3. The zero-order chi connectivity index (χ0) is 20.7. The van der Waals surface area contributed by atoms with Crippen LogP contribution in [0.25, 0.3) is 5.82 Å². The van der Waals surface area contributed by atoms with Crippen molar-refractivity contribution in [3.05, 3.63) is 53.9 Å². The molecule has 1 N–H and O–H groups in total. The minimum Gasteiger partial charge on any atom is -0.364 e. The van der Waals surface area contributed by atoms with Gasteiger partial charge in [-0.15, -0.1) is 4.80 Å². The Kier molecular flexibility index (Phi) is 4.65. The second-order valence-electron chi connectivity index (χ2n) is 8.20. The summed E-state index contributed by atoms with van der Waals surface area (Å²) >= 11 is 0. The first-order chi connectivity index (χ1) is 14.6. The third-order valence-corrected chi connectivity index (χ3v) is 5.99. The summed E-state index contributed by atoms with van der Waals surface area (Å²) in [6, 6.07) is 2.14. The van der Waals surface area contributed by atoms with Gasteiger partial charge in [-0.3, -0.25) is 9.78 Å². The largest absolute Gasteiger partial charge is 0.364 e. The summed E-state index contributed by atoms with van der Waals surface area (Å²) in [5.41, 5.74) is 2.35. The van der Waals surface area contributed by atoms with Crippen LogP contribution in [0.1, 0.15) is 40.9 Å². The van der Waals surface area contributed by atoms with Gasteiger partial charge < -0.3 is 10.2 Å². The van der Waals surface area contributed by atoms with Crippen molar-refractivity contribution in [1.29, 1.82) is 0 Å². The molecule has 3 aromatic rings. The number of pyridine rings is 1. The maximum atomic E-state index is 13.7. The van der Waals surface area contributed by atoms with Crippen LogP contribution in [0.2, 0.25) is 0 Å². The molecule has 2 aliphatic heterocycles. The predicted octanol–water partition coefficient (Wildman–Crippen LogP) is 2.17. The molecule has 2 bridgehead atoms. The third-order valence-electron chi connectivity index (χ3n) is 5.99. The monoisotopic (exact) mass is 404 g/mol. The molecule has 9 heteroatoms. The summed E-state index contributed by atoms with van der Waals surface area (Å²) in [6.45, 7) is 4.62. The van der Waals surface area contributed by atoms with Gasteiger partial charge in [-0.25, -0.2) is 9.97 Å². The lowest BCUT2D eigenvalue weighted by atomic mass is 9.76. The molecule has 0 aromatic carbocycles. The minimum atomic E-state index is -0.0188. The van der Waals surface area contributed by atoms with E-state index < -0.39 is 0 Å². The van der Waals surface area contributed by atoms with Crippen LogP contribution in [0, 0.1) is 19.8 Å². The molecular weight excluding hydrogens is 380 g/mol. The molecular formula is C21H24N8O. The number of carbonyl (C=O) groups excluding carboxylic acids is 1. The van der Waals surface area contributed by atoms with E-state index in [0.29, 0.717) is 17.3 Å². The maximum Gasteiger partial charge on any atom is 0.258 e. The lowest BCUT2D eigenvalue weighted by Gasteiger charge is -2.50. The van der Waals surface area contributed by atoms with Crippen molar-refractivity contribution in [2.45, 2.75) is 45.2 Å². The fourth-order valence-electron chi connectivity index (χ4n) is 4.60. The van der Waals surface area contributed by atoms with E-state index in [2.05, 4.69) is 30.5 Å². The Bertz CT molecular complexity index is 1050. The molecule has 1 aliphatic carbocycles. The molecule has 2 saturated heterocycles. The van der Waals surface area contributed by atoms with Crippen molar-refractivity contribution < 1.29 is 4.79 Å². The number of anilines is 1. The number of carbonyl (C=O) groups is 1. The molecule has 5 heterocycles. The van der Waals surface area contributed by atoms with Crippen LogP contribution in [0.15, 0.2) is 37.1 Å². The van der Waals surface area contributed by atoms with Crippen molar-refractivity contribution in [1.82, 2.24) is 34.8 Å². The molecule has 0 spiro atoms. The summed E-state index contributed by atoms with van der Waals surface area (Å²) in [6.07, 6.45) is 11.6. The molecule has 3 unspecified atom stereocenters. The normalized spacial score (nSPS) is 22.9. The lowest BCUT2D eigenvalue weighted by Crippen LogP contribution is -2.60. The van der Waals surface area contributed by atoms with Crippen LogP contribution in [0.5, 0.6) is 0 Å². The Balaban J connectivity index is 1.44. The van der Waals surface area contributed by atoms with E-state index >= 15 is 0 Å². The molecule has 3 aliphatic rings. The number of nitrogens with one attached hydrogen (secondary N) is 1. The summed E-state index contributed by atoms with van der Waals surface area (Å²) in [4.78, 5) is 30.3. The highest BCUT2D eigenvalue weighted by atomic mass is 16.2. The molecule has 1 amide bonds. The Labute approximate surface area is 174 Å². The van der Waals surface area contributed by atoms with Crippen molar-refractivity contribution in [3.8, 4) is 5.82 Å². The van der Waals surface area contributed by atoms with Gasteiger partial charge in [0.2, 0.25) is 0 Å². The van der Waals surface area contributed by atoms with Crippen LogP contribution in [0.3, 0.4) is 0 Å². The second kappa shape index (κ2) is 7.47. The Morgan fingerprint density at radius 3 is 2.63 bits per heavy atom. The number of hydrogen-bond acceptors (Lipinski definition) is 7. The average Bonchev–Trinajstić information content (AvgIpc) is 3.30. The molecule has 6 rings (SSSR count). The average molecular weight is 404 g/mol. The van der Waals surface area contributed by atoms with E-state index in [1.165, 1.54) is 4.80 Å². The molecule has 30 heavy (non-hydrogen) atoms. The number of amides is 1. The van der Waals surface area contributed by atoms with Crippen LogP contribution < -0.4 is 5.32 Å². The number of hydrogen-bond donors (Lipinski definition) is 1. The van der Waals surface area contributed by atoms with Gasteiger partial charge in [-0.1, -0.05) is 0 Å². The van der Waals surface area contributed by atoms with Gasteiger partial charge >= 0.3 is 0 Å². The number of rotatable bonds is 4. The van der Waals surface area contributed by atoms with Gasteiger partial charge in [-0.05, 0) is 50.7 Å². The lowest BCUT2D eigenvalue weighted by molar-refractivity contribution is 0.0281. The van der Waals surface area contributed by atoms with E-state index in [1.807, 2.05) is 24.8 Å². The smallest absolute Gasteiger partial charge is 0.258 e. The van der Waals surface area contributed by atoms with E-state index in [4.69, 9.17) is 0 Å². The fourth-order valence-corrected chi connectivity index (χ4v) is 4.60. The first-order valence-corrected chi connectivity index (χ1v) is 10.3. The van der Waals surface area contributed by atoms with Crippen molar-refractivity contribution in [3.63, 3.8) is 0 Å². The minimum absolute atomic E-state index is 0.0188. The van der Waals surface area contributed by atoms with Gasteiger partial charge in [0.05, 0.1) is 42.1 Å². The molecule has 154 valence electrons. The van der Waals surface area contributed by atoms with E-state index in [9.17, 15) is 4.79 Å². The molecule has 1 saturated carbocycles. The Morgan fingerprint density at radius 2 is 1.90 bits per heavy atom. The van der Waals surface area contributed by atoms with E-state index in [-0.39, 0.29) is 18.0 Å². The molecule has 0 radical (unpaired) electrons. The van der Waals surface area contributed by atoms with Crippen LogP contribution in [0.4, 0.5) is 5.82 Å². The van der Waals surface area contributed by atoms with E-state index in [1.54, 1.807) is 31.0 Å². The summed E-state index contributed by atoms with van der Waals surface area (Å²) in [5, 5.41) is 11.9. The number of nitrogens with zero attached hydrogens (tertiary/aromatic N) is 7. The van der Waals surface area contributed by atoms with Crippen molar-refractivity contribution >= 4 is 11.7 Å². The Morgan fingerprint density at radius 1 is 1.07 bits per heavy atom. The van der Waals surface area contributed by atoms with Gasteiger partial charge in [0.15, 0.2) is 5.82 Å². The number of aryl methyl sites for hydroxylation is 2. The van der Waals surface area contributed by atoms with Crippen LogP contribution in [-0.4, -0.2) is 59.4 Å². The first kappa shape index (κ1) is 18.7. The number of piperidine rings is 2. The Hall–Kier alpha value is -3.36. The van der Waals surface area contributed by atoms with Gasteiger partial charge in [-0.2, -0.15) is 10.2 Å². The highest BCUT2D eigenvalue weighted by Crippen LogP contribution is 2.37. The van der Waals surface area contributed by atoms with E-state index in [0.717, 1.165) is 42.9 Å². The number of fused-ring (bicyclic) bond motifs is 3. The predicted molar refractivity (Wildman–Crippen MR) is 110 cm³/mol. The summed E-state index contributed by atoms with van der Waals surface area (Å²) in [5.74, 6) is 1.67. The highest BCUT2D eigenvalue weighted by molar-refractivity contribution is 5.97. The second-order valence-corrected chi connectivity index (χ2v) is 8.20. The van der Waals surface area contributed by atoms with Gasteiger partial charge in [0.1, 0.15) is 5.82 Å². The maximum absolute atomic E-state index is 13.7. The van der Waals surface area contributed by atoms with Gasteiger partial charge in [0.25, 0.3) is 5.91 Å². The quantitative estimate of drug-likeness (QED) is 0.711. The highest BCUT2D eigenvalue weighted by Gasteiger charge is 2.43. The zero-order valence-electron chi connectivity index (χ0n) is 17.1. The zero-order valence-corrected chi connectivity index (χ0v) is 17.1. The SMILES string of the molecule is Cc1cnc(-n2nccn2)c(C(=O)N2CC3CCC2C(Nc2cnc(C)cn2)C3)c1. The molecule has 3 fully saturated rings. The molecule has 9 nitrogen and oxygen atoms in total.